The molecule has 0 aromatic heterocycles. The molecule has 0 bridgehead atoms. The lowest BCUT2D eigenvalue weighted by atomic mass is 10.2. The van der Waals surface area contributed by atoms with Gasteiger partial charge in [0.2, 0.25) is 0 Å². The second-order valence-corrected chi connectivity index (χ2v) is 4.53. The Morgan fingerprint density at radius 1 is 1.38 bits per heavy atom. The van der Waals surface area contributed by atoms with E-state index in [2.05, 4.69) is 0 Å². The van der Waals surface area contributed by atoms with E-state index in [0.717, 1.165) is 17.2 Å². The van der Waals surface area contributed by atoms with Crippen LogP contribution in [-0.4, -0.2) is 18.8 Å². The number of rotatable bonds is 4. The molecule has 0 spiro atoms. The van der Waals surface area contributed by atoms with Gasteiger partial charge in [-0.05, 0) is 31.2 Å². The summed E-state index contributed by atoms with van der Waals surface area (Å²) in [5.41, 5.74) is 6.29. The number of nitrogen functional groups attached to an aromatic ring is 1. The lowest BCUT2D eigenvalue weighted by molar-refractivity contribution is 0.225. The third-order valence-corrected chi connectivity index (χ3v) is 2.74. The fourth-order valence-electron chi connectivity index (χ4n) is 0.952. The predicted octanol–water partition coefficient (Wildman–Crippen LogP) is 3.11. The summed E-state index contributed by atoms with van der Waals surface area (Å²) >= 11 is 1.36. The summed E-state index contributed by atoms with van der Waals surface area (Å²) in [5, 5.41) is 0. The molecule has 0 saturated carbocycles. The van der Waals surface area contributed by atoms with Crippen LogP contribution in [0.2, 0.25) is 0 Å². The quantitative estimate of drug-likeness (QED) is 0.500. The molecule has 2 rings (SSSR count). The van der Waals surface area contributed by atoms with Gasteiger partial charge in [0.05, 0.1) is 13.2 Å². The maximum Gasteiger partial charge on any atom is 0.113 e. The third kappa shape index (κ3) is 4.43. The van der Waals surface area contributed by atoms with Gasteiger partial charge in [0.15, 0.2) is 0 Å². The number of benzene rings is 1. The van der Waals surface area contributed by atoms with Crippen molar-refractivity contribution in [2.75, 3.05) is 18.9 Å². The minimum atomic E-state index is -0.0409. The van der Waals surface area contributed by atoms with Crippen molar-refractivity contribution in [3.8, 4) is 0 Å². The van der Waals surface area contributed by atoms with Gasteiger partial charge in [-0.25, -0.2) is 0 Å². The van der Waals surface area contributed by atoms with Crippen LogP contribution in [0.1, 0.15) is 20.8 Å². The van der Waals surface area contributed by atoms with Gasteiger partial charge in [0.25, 0.3) is 0 Å². The largest absolute Gasteiger partial charge is 0.399 e. The zero-order valence-electron chi connectivity index (χ0n) is 10.0. The van der Waals surface area contributed by atoms with Gasteiger partial charge in [-0.2, -0.15) is 0 Å². The second-order valence-electron chi connectivity index (χ2n) is 3.65. The zero-order chi connectivity index (χ0) is 12.0. The summed E-state index contributed by atoms with van der Waals surface area (Å²) in [6.07, 6.45) is 0. The second kappa shape index (κ2) is 6.13. The number of ether oxygens (including phenoxy) is 1. The van der Waals surface area contributed by atoms with Crippen LogP contribution in [0.4, 0.5) is 5.69 Å². The van der Waals surface area contributed by atoms with E-state index in [0.29, 0.717) is 6.61 Å². The fourth-order valence-corrected chi connectivity index (χ4v) is 1.64. The van der Waals surface area contributed by atoms with Crippen LogP contribution >= 0.6 is 12.0 Å². The van der Waals surface area contributed by atoms with E-state index >= 15 is 0 Å². The maximum atomic E-state index is 5.56. The van der Waals surface area contributed by atoms with Crippen LogP contribution in [0.25, 0.3) is 0 Å². The minimum Gasteiger partial charge on any atom is -0.399 e. The molecule has 0 radical (unpaired) electrons. The van der Waals surface area contributed by atoms with Crippen molar-refractivity contribution in [1.29, 1.82) is 0 Å². The number of epoxide rings is 1. The number of anilines is 1. The van der Waals surface area contributed by atoms with Crippen molar-refractivity contribution < 1.29 is 8.92 Å². The molecule has 1 aromatic rings. The highest BCUT2D eigenvalue weighted by Gasteiger charge is 2.39. The van der Waals surface area contributed by atoms with E-state index in [4.69, 9.17) is 14.7 Å². The lowest BCUT2D eigenvalue weighted by Crippen LogP contribution is -2.11. The Hall–Kier alpha value is -0.710. The fraction of sp³-hybridized carbons (Fsp3) is 0.500. The van der Waals surface area contributed by atoms with Gasteiger partial charge in [-0.1, -0.05) is 13.8 Å². The first-order valence-corrected chi connectivity index (χ1v) is 6.21. The van der Waals surface area contributed by atoms with Gasteiger partial charge in [0.1, 0.15) is 5.60 Å². The highest BCUT2D eigenvalue weighted by Crippen LogP contribution is 2.29. The molecule has 1 heterocycles. The Labute approximate surface area is 102 Å². The Morgan fingerprint density at radius 3 is 2.44 bits per heavy atom. The van der Waals surface area contributed by atoms with Crippen LogP contribution in [0, 0.1) is 0 Å². The lowest BCUT2D eigenvalue weighted by Gasteiger charge is -2.05. The summed E-state index contributed by atoms with van der Waals surface area (Å²) in [5.74, 6) is 0. The zero-order valence-corrected chi connectivity index (χ0v) is 10.8. The average Bonchev–Trinajstić information content (AvgIpc) is 3.03. The van der Waals surface area contributed by atoms with E-state index in [9.17, 15) is 0 Å². The summed E-state index contributed by atoms with van der Waals surface area (Å²) in [6.45, 7) is 7.47. The van der Waals surface area contributed by atoms with Gasteiger partial charge in [-0.3, -0.25) is 0 Å². The van der Waals surface area contributed by atoms with Crippen LogP contribution in [-0.2, 0) is 8.92 Å². The van der Waals surface area contributed by atoms with Gasteiger partial charge < -0.3 is 14.7 Å². The number of hydrogen-bond acceptors (Lipinski definition) is 4. The molecule has 90 valence electrons. The average molecular weight is 241 g/mol. The highest BCUT2D eigenvalue weighted by molar-refractivity contribution is 7.94. The Kier molecular flexibility index (Phi) is 5.12. The molecule has 4 heteroatoms. The number of nitrogens with two attached hydrogens (primary N) is 1. The van der Waals surface area contributed by atoms with Crippen LogP contribution in [0.5, 0.6) is 0 Å². The van der Waals surface area contributed by atoms with Crippen molar-refractivity contribution in [3.63, 3.8) is 0 Å². The molecule has 0 unspecified atom stereocenters. The topological polar surface area (TPSA) is 47.8 Å². The highest BCUT2D eigenvalue weighted by atomic mass is 32.2. The first kappa shape index (κ1) is 13.4. The minimum absolute atomic E-state index is 0.0409. The van der Waals surface area contributed by atoms with Gasteiger partial charge in [-0.15, -0.1) is 0 Å². The molecule has 1 aliphatic heterocycles. The van der Waals surface area contributed by atoms with E-state index in [-0.39, 0.29) is 5.60 Å². The molecule has 2 N–H and O–H groups in total. The first-order valence-electron chi connectivity index (χ1n) is 5.47. The van der Waals surface area contributed by atoms with E-state index in [1.807, 2.05) is 45.0 Å². The van der Waals surface area contributed by atoms with Crippen molar-refractivity contribution in [3.05, 3.63) is 24.3 Å². The normalized spacial score (nSPS) is 22.2. The van der Waals surface area contributed by atoms with Gasteiger partial charge >= 0.3 is 0 Å². The van der Waals surface area contributed by atoms with Crippen LogP contribution in [0.15, 0.2) is 29.2 Å². The van der Waals surface area contributed by atoms with Crippen molar-refractivity contribution in [2.45, 2.75) is 31.3 Å². The molecule has 0 aliphatic carbocycles. The molecule has 1 aliphatic rings. The summed E-state index contributed by atoms with van der Waals surface area (Å²) in [7, 11) is 0. The standard InChI is InChI=1S/C10H13NO2S.C2H6/c1-10(6-12-10)7-13-14-9-4-2-8(11)3-5-9;1-2/h2-5H,6-7,11H2,1H3;1-2H3/t10-;/m1./s1. The SMILES string of the molecule is CC.C[C@]1(COSc2ccc(N)cc2)CO1. The number of hydrogen-bond donors (Lipinski definition) is 1. The van der Waals surface area contributed by atoms with Crippen LogP contribution < -0.4 is 5.73 Å². The molecule has 0 amide bonds. The molecule has 16 heavy (non-hydrogen) atoms. The Balaban J connectivity index is 0.000000606. The molecule has 3 nitrogen and oxygen atoms in total. The molecule has 1 fully saturated rings. The van der Waals surface area contributed by atoms with E-state index in [1.165, 1.54) is 12.0 Å². The Morgan fingerprint density at radius 2 is 1.94 bits per heavy atom. The maximum absolute atomic E-state index is 5.56. The summed E-state index contributed by atoms with van der Waals surface area (Å²) < 4.78 is 10.6. The monoisotopic (exact) mass is 241 g/mol. The molecular weight excluding hydrogens is 222 g/mol. The first-order chi connectivity index (χ1) is 7.68. The third-order valence-electron chi connectivity index (χ3n) is 2.04. The van der Waals surface area contributed by atoms with Crippen molar-refractivity contribution >= 4 is 17.7 Å². The van der Waals surface area contributed by atoms with E-state index in [1.54, 1.807) is 0 Å². The predicted molar refractivity (Wildman–Crippen MR) is 68.4 cm³/mol. The Bertz CT molecular complexity index is 309. The molecule has 1 aromatic carbocycles. The molecule has 1 atom stereocenters. The molecular formula is C12H19NO2S. The van der Waals surface area contributed by atoms with E-state index < -0.39 is 0 Å². The van der Waals surface area contributed by atoms with Crippen molar-refractivity contribution in [2.24, 2.45) is 0 Å². The smallest absolute Gasteiger partial charge is 0.113 e. The molecule has 1 saturated heterocycles. The van der Waals surface area contributed by atoms with Crippen LogP contribution in [0.3, 0.4) is 0 Å². The summed E-state index contributed by atoms with van der Waals surface area (Å²) in [6, 6.07) is 7.61. The van der Waals surface area contributed by atoms with Gasteiger partial charge in [0, 0.05) is 22.6 Å². The summed E-state index contributed by atoms with van der Waals surface area (Å²) in [4.78, 5) is 1.06. The van der Waals surface area contributed by atoms with Crippen molar-refractivity contribution in [1.82, 2.24) is 0 Å².